The van der Waals surface area contributed by atoms with Gasteiger partial charge in [0.1, 0.15) is 0 Å². The van der Waals surface area contributed by atoms with Crippen LogP contribution in [0.1, 0.15) is 0 Å². The van der Waals surface area contributed by atoms with E-state index in [-0.39, 0.29) is 43.0 Å². The predicted molar refractivity (Wildman–Crippen MR) is 88.4 cm³/mol. The molecule has 0 atom stereocenters. The number of rotatable bonds is 2. The van der Waals surface area contributed by atoms with E-state index in [0.29, 0.717) is 0 Å². The van der Waals surface area contributed by atoms with Crippen LogP contribution in [0.2, 0.25) is 20.1 Å². The van der Waals surface area contributed by atoms with Gasteiger partial charge in [-0.1, -0.05) is 46.4 Å². The van der Waals surface area contributed by atoms with Gasteiger partial charge in [0.2, 0.25) is 0 Å². The molecule has 0 radical (unpaired) electrons. The van der Waals surface area contributed by atoms with Crippen LogP contribution in [0.3, 0.4) is 0 Å². The topological polar surface area (TPSA) is 87.6 Å². The van der Waals surface area contributed by atoms with Gasteiger partial charge in [-0.25, -0.2) is 4.79 Å². The lowest BCUT2D eigenvalue weighted by Gasteiger charge is -2.10. The standard InChI is InChI=1S/C13H8Cl4N2O3/c14-5-1-7(16)11(3-9(5)18)21-13(20)22-12-4-10(19)6(15)2-8(12)17/h1-4H,18-19H2. The van der Waals surface area contributed by atoms with Crippen LogP contribution in [0, 0.1) is 0 Å². The molecular weight excluding hydrogens is 374 g/mol. The Morgan fingerprint density at radius 1 is 0.727 bits per heavy atom. The normalized spacial score (nSPS) is 10.4. The summed E-state index contributed by atoms with van der Waals surface area (Å²) in [4.78, 5) is 11.8. The lowest BCUT2D eigenvalue weighted by molar-refractivity contribution is 0.152. The number of benzene rings is 2. The third-order valence-electron chi connectivity index (χ3n) is 2.49. The van der Waals surface area contributed by atoms with Crippen molar-refractivity contribution in [2.24, 2.45) is 0 Å². The minimum absolute atomic E-state index is 0.00776. The van der Waals surface area contributed by atoms with Gasteiger partial charge >= 0.3 is 6.16 Å². The first-order valence-corrected chi connectivity index (χ1v) is 7.18. The van der Waals surface area contributed by atoms with Crippen molar-refractivity contribution in [2.75, 3.05) is 11.5 Å². The van der Waals surface area contributed by atoms with E-state index in [2.05, 4.69) is 0 Å². The van der Waals surface area contributed by atoms with Crippen LogP contribution in [-0.4, -0.2) is 6.16 Å². The number of halogens is 4. The Morgan fingerprint density at radius 3 is 1.45 bits per heavy atom. The van der Waals surface area contributed by atoms with Crippen LogP contribution in [0.15, 0.2) is 24.3 Å². The molecule has 2 rings (SSSR count). The summed E-state index contributed by atoms with van der Waals surface area (Å²) in [5, 5.41) is 0.661. The fraction of sp³-hybridized carbons (Fsp3) is 0. The molecule has 0 heterocycles. The molecule has 0 unspecified atom stereocenters. The quantitative estimate of drug-likeness (QED) is 0.432. The van der Waals surface area contributed by atoms with E-state index in [1.807, 2.05) is 0 Å². The maximum Gasteiger partial charge on any atom is 0.519 e. The van der Waals surface area contributed by atoms with Crippen molar-refractivity contribution >= 4 is 63.9 Å². The van der Waals surface area contributed by atoms with E-state index >= 15 is 0 Å². The van der Waals surface area contributed by atoms with Crippen LogP contribution >= 0.6 is 46.4 Å². The minimum atomic E-state index is -1.08. The number of carbonyl (C=O) groups excluding carboxylic acids is 1. The third kappa shape index (κ3) is 3.81. The van der Waals surface area contributed by atoms with Crippen molar-refractivity contribution in [3.8, 4) is 11.5 Å². The SMILES string of the molecule is Nc1cc(OC(=O)Oc2cc(N)c(Cl)cc2Cl)c(Cl)cc1Cl. The largest absolute Gasteiger partial charge is 0.519 e. The Labute approximate surface area is 145 Å². The highest BCUT2D eigenvalue weighted by atomic mass is 35.5. The van der Waals surface area contributed by atoms with Gasteiger partial charge in [0.15, 0.2) is 11.5 Å². The highest BCUT2D eigenvalue weighted by Crippen LogP contribution is 2.35. The van der Waals surface area contributed by atoms with Gasteiger partial charge in [0.05, 0.1) is 31.5 Å². The second-order valence-corrected chi connectivity index (χ2v) is 5.69. The summed E-state index contributed by atoms with van der Waals surface area (Å²) >= 11 is 23.3. The molecule has 0 amide bonds. The molecule has 2 aromatic rings. The highest BCUT2D eigenvalue weighted by molar-refractivity contribution is 6.37. The summed E-state index contributed by atoms with van der Waals surface area (Å²) in [6, 6.07) is 5.27. The van der Waals surface area contributed by atoms with Crippen LogP contribution in [0.5, 0.6) is 11.5 Å². The second kappa shape index (κ2) is 6.71. The lowest BCUT2D eigenvalue weighted by Crippen LogP contribution is -2.14. The van der Waals surface area contributed by atoms with Crippen molar-refractivity contribution in [3.05, 3.63) is 44.4 Å². The minimum Gasteiger partial charge on any atom is -0.397 e. The zero-order valence-electron chi connectivity index (χ0n) is 10.7. The third-order valence-corrected chi connectivity index (χ3v) is 3.73. The van der Waals surface area contributed by atoms with Gasteiger partial charge < -0.3 is 20.9 Å². The lowest BCUT2D eigenvalue weighted by atomic mass is 10.3. The summed E-state index contributed by atoms with van der Waals surface area (Å²) in [6.45, 7) is 0. The number of nitrogens with two attached hydrogens (primary N) is 2. The average molecular weight is 382 g/mol. The molecule has 0 aliphatic heterocycles. The van der Waals surface area contributed by atoms with E-state index in [0.717, 1.165) is 0 Å². The number of hydrogen-bond donors (Lipinski definition) is 2. The summed E-state index contributed by atoms with van der Waals surface area (Å²) in [5.74, 6) is -0.0155. The van der Waals surface area contributed by atoms with E-state index in [1.54, 1.807) is 0 Å². The fourth-order valence-corrected chi connectivity index (χ4v) is 2.29. The molecule has 0 saturated carbocycles. The summed E-state index contributed by atoms with van der Waals surface area (Å²) in [5.41, 5.74) is 11.6. The molecule has 0 aliphatic rings. The number of hydrogen-bond acceptors (Lipinski definition) is 5. The highest BCUT2D eigenvalue weighted by Gasteiger charge is 2.15. The molecule has 116 valence electrons. The molecular formula is C13H8Cl4N2O3. The van der Waals surface area contributed by atoms with Gasteiger partial charge in [0, 0.05) is 12.1 Å². The molecule has 0 spiro atoms. The second-order valence-electron chi connectivity index (χ2n) is 4.06. The molecule has 4 N–H and O–H groups in total. The molecule has 0 saturated heterocycles. The van der Waals surface area contributed by atoms with E-state index in [1.165, 1.54) is 24.3 Å². The van der Waals surface area contributed by atoms with Gasteiger partial charge in [0.25, 0.3) is 0 Å². The Hall–Kier alpha value is -1.53. The first-order valence-electron chi connectivity index (χ1n) is 5.66. The van der Waals surface area contributed by atoms with E-state index in [4.69, 9.17) is 67.3 Å². The van der Waals surface area contributed by atoms with Gasteiger partial charge in [-0.3, -0.25) is 0 Å². The van der Waals surface area contributed by atoms with Crippen LogP contribution in [0.4, 0.5) is 16.2 Å². The average Bonchev–Trinajstić information content (AvgIpc) is 2.42. The first kappa shape index (κ1) is 16.8. The molecule has 0 aliphatic carbocycles. The smallest absolute Gasteiger partial charge is 0.397 e. The Balaban J connectivity index is 2.17. The molecule has 0 fully saturated rings. The van der Waals surface area contributed by atoms with Crippen molar-refractivity contribution in [1.82, 2.24) is 0 Å². The summed E-state index contributed by atoms with van der Waals surface area (Å²) in [7, 11) is 0. The molecule has 0 bridgehead atoms. The van der Waals surface area contributed by atoms with Crippen molar-refractivity contribution in [1.29, 1.82) is 0 Å². The Kier molecular flexibility index (Phi) is 5.13. The first-order chi connectivity index (χ1) is 10.3. The van der Waals surface area contributed by atoms with E-state index < -0.39 is 6.16 Å². The van der Waals surface area contributed by atoms with Crippen LogP contribution < -0.4 is 20.9 Å². The Morgan fingerprint density at radius 2 is 1.09 bits per heavy atom. The maximum absolute atomic E-state index is 11.8. The Bertz CT molecular complexity index is 691. The molecule has 9 heteroatoms. The van der Waals surface area contributed by atoms with Crippen molar-refractivity contribution in [3.63, 3.8) is 0 Å². The van der Waals surface area contributed by atoms with E-state index in [9.17, 15) is 4.79 Å². The van der Waals surface area contributed by atoms with Crippen LogP contribution in [0.25, 0.3) is 0 Å². The van der Waals surface area contributed by atoms with Crippen LogP contribution in [-0.2, 0) is 0 Å². The van der Waals surface area contributed by atoms with Gasteiger partial charge in [-0.05, 0) is 12.1 Å². The zero-order valence-corrected chi connectivity index (χ0v) is 13.7. The van der Waals surface area contributed by atoms with Gasteiger partial charge in [-0.2, -0.15) is 0 Å². The number of ether oxygens (including phenoxy) is 2. The maximum atomic E-state index is 11.8. The zero-order chi connectivity index (χ0) is 16.4. The fourth-order valence-electron chi connectivity index (χ4n) is 1.45. The molecule has 22 heavy (non-hydrogen) atoms. The number of carbonyl (C=O) groups is 1. The summed E-state index contributed by atoms with van der Waals surface area (Å²) < 4.78 is 9.89. The molecule has 5 nitrogen and oxygen atoms in total. The number of nitrogen functional groups attached to an aromatic ring is 2. The van der Waals surface area contributed by atoms with Crippen molar-refractivity contribution in [2.45, 2.75) is 0 Å². The summed E-state index contributed by atoms with van der Waals surface area (Å²) in [6.07, 6.45) is -1.08. The predicted octanol–water partition coefficient (Wildman–Crippen LogP) is 5.04. The van der Waals surface area contributed by atoms with Crippen molar-refractivity contribution < 1.29 is 14.3 Å². The monoisotopic (exact) mass is 380 g/mol. The number of anilines is 2. The molecule has 0 aromatic heterocycles. The molecule has 2 aromatic carbocycles. The van der Waals surface area contributed by atoms with Gasteiger partial charge in [-0.15, -0.1) is 0 Å².